The number of halogens is 1. The number of hydrogen-bond acceptors (Lipinski definition) is 6. The molecule has 36 heavy (non-hydrogen) atoms. The third kappa shape index (κ3) is 2.81. The van der Waals surface area contributed by atoms with E-state index in [9.17, 15) is 14.7 Å². The molecule has 0 saturated carbocycles. The predicted octanol–water partition coefficient (Wildman–Crippen LogP) is 3.94. The fraction of sp³-hybridized carbons (Fsp3) is 0.185. The lowest BCUT2D eigenvalue weighted by Crippen LogP contribution is -2.66. The molecule has 0 radical (unpaired) electrons. The molecule has 0 spiro atoms. The van der Waals surface area contributed by atoms with E-state index in [2.05, 4.69) is 0 Å². The smallest absolute Gasteiger partial charge is 0.278 e. The summed E-state index contributed by atoms with van der Waals surface area (Å²) in [6.45, 7) is 0.876. The van der Waals surface area contributed by atoms with Gasteiger partial charge in [0.15, 0.2) is 11.4 Å². The van der Waals surface area contributed by atoms with Crippen molar-refractivity contribution in [1.29, 1.82) is 0 Å². The van der Waals surface area contributed by atoms with Crippen molar-refractivity contribution in [1.82, 2.24) is 9.58 Å². The van der Waals surface area contributed by atoms with E-state index in [1.165, 1.54) is 18.3 Å². The third-order valence-corrected chi connectivity index (χ3v) is 8.16. The summed E-state index contributed by atoms with van der Waals surface area (Å²) in [5.41, 5.74) is 3.21. The van der Waals surface area contributed by atoms with Gasteiger partial charge < -0.3 is 14.7 Å². The van der Waals surface area contributed by atoms with Gasteiger partial charge in [0.1, 0.15) is 12.0 Å². The number of carbonyl (C=O) groups is 1. The van der Waals surface area contributed by atoms with Gasteiger partial charge in [0, 0.05) is 34.8 Å². The van der Waals surface area contributed by atoms with E-state index in [1.54, 1.807) is 27.0 Å². The molecule has 2 aliphatic heterocycles. The lowest BCUT2D eigenvalue weighted by Gasteiger charge is -2.51. The van der Waals surface area contributed by atoms with E-state index >= 15 is 4.39 Å². The first kappa shape index (κ1) is 21.3. The lowest BCUT2D eigenvalue weighted by atomic mass is 9.92. The molecule has 1 aliphatic carbocycles. The first-order valence-corrected chi connectivity index (χ1v) is 12.5. The molecule has 9 heteroatoms. The molecule has 4 heterocycles. The van der Waals surface area contributed by atoms with Gasteiger partial charge in [-0.3, -0.25) is 19.3 Å². The van der Waals surface area contributed by atoms with Gasteiger partial charge in [0.25, 0.3) is 5.91 Å². The minimum absolute atomic E-state index is 0.102. The number of amides is 1. The second-order valence-electron chi connectivity index (χ2n) is 9.01. The van der Waals surface area contributed by atoms with Crippen molar-refractivity contribution in [3.05, 3.63) is 99.0 Å². The molecule has 180 valence electrons. The third-order valence-electron chi connectivity index (χ3n) is 7.21. The van der Waals surface area contributed by atoms with E-state index in [4.69, 9.17) is 4.74 Å². The SMILES string of the molecule is O=C1c2c(O)c(=O)ccn2N([C@@H]2c3ccccc3-c3sccc3-c3c(F)cccc32)C2COCCN12. The molecule has 2 aromatic carbocycles. The van der Waals surface area contributed by atoms with Gasteiger partial charge in [-0.25, -0.2) is 4.39 Å². The highest BCUT2D eigenvalue weighted by molar-refractivity contribution is 7.14. The maximum absolute atomic E-state index is 15.6. The van der Waals surface area contributed by atoms with Crippen LogP contribution >= 0.6 is 11.3 Å². The average molecular weight is 502 g/mol. The molecule has 0 bridgehead atoms. The Hall–Kier alpha value is -3.95. The van der Waals surface area contributed by atoms with Crippen molar-refractivity contribution in [3.63, 3.8) is 0 Å². The van der Waals surface area contributed by atoms with E-state index in [1.807, 2.05) is 46.8 Å². The molecule has 2 aromatic heterocycles. The molecule has 1 saturated heterocycles. The Labute approximate surface area is 209 Å². The molecule has 7 rings (SSSR count). The maximum atomic E-state index is 15.6. The highest BCUT2D eigenvalue weighted by Gasteiger charge is 2.46. The van der Waals surface area contributed by atoms with Crippen LogP contribution in [0.15, 0.2) is 71.0 Å². The maximum Gasteiger partial charge on any atom is 0.278 e. The zero-order valence-electron chi connectivity index (χ0n) is 18.9. The summed E-state index contributed by atoms with van der Waals surface area (Å²) < 4.78 is 22.9. The van der Waals surface area contributed by atoms with Crippen molar-refractivity contribution in [2.75, 3.05) is 24.8 Å². The molecule has 7 nitrogen and oxygen atoms in total. The number of benzene rings is 2. The van der Waals surface area contributed by atoms with E-state index in [0.717, 1.165) is 27.1 Å². The fourth-order valence-corrected chi connectivity index (χ4v) is 6.64. The zero-order chi connectivity index (χ0) is 24.6. The summed E-state index contributed by atoms with van der Waals surface area (Å²) in [5, 5.41) is 14.6. The first-order valence-electron chi connectivity index (χ1n) is 11.6. The average Bonchev–Trinajstić information content (AvgIpc) is 3.33. The van der Waals surface area contributed by atoms with Crippen molar-refractivity contribution in [2.45, 2.75) is 12.2 Å². The number of aromatic nitrogens is 1. The second-order valence-corrected chi connectivity index (χ2v) is 9.93. The molecular weight excluding hydrogens is 481 g/mol. The molecule has 1 fully saturated rings. The second kappa shape index (κ2) is 7.78. The summed E-state index contributed by atoms with van der Waals surface area (Å²) in [5.74, 6) is -1.37. The molecular formula is C27H20FN3O4S. The standard InChI is InChI=1S/C27H20FN3O4S/c28-19-7-3-6-17-22(19)18-9-13-36-26(18)16-5-2-1-4-15(16)23(17)31-21-14-35-12-11-29(21)27(34)24-25(33)20(32)8-10-30(24)31/h1-10,13,21,23,33H,11-12,14H2/t21?,23-/m1/s1. The molecule has 1 unspecified atom stereocenters. The number of aromatic hydroxyl groups is 1. The van der Waals surface area contributed by atoms with E-state index in [0.29, 0.717) is 18.7 Å². The van der Waals surface area contributed by atoms with Gasteiger partial charge in [0.05, 0.1) is 19.3 Å². The number of carbonyl (C=O) groups excluding carboxylic acids is 1. The fourth-order valence-electron chi connectivity index (χ4n) is 5.69. The Morgan fingerprint density at radius 2 is 1.83 bits per heavy atom. The number of pyridine rings is 1. The van der Waals surface area contributed by atoms with Gasteiger partial charge >= 0.3 is 0 Å². The van der Waals surface area contributed by atoms with Crippen LogP contribution in [0.4, 0.5) is 4.39 Å². The number of fused-ring (bicyclic) bond motifs is 7. The molecule has 4 aromatic rings. The summed E-state index contributed by atoms with van der Waals surface area (Å²) in [7, 11) is 0. The van der Waals surface area contributed by atoms with Crippen LogP contribution < -0.4 is 10.4 Å². The van der Waals surface area contributed by atoms with Gasteiger partial charge in [-0.2, -0.15) is 0 Å². The molecule has 1 amide bonds. The number of ether oxygens (including phenoxy) is 1. The Morgan fingerprint density at radius 1 is 1.00 bits per heavy atom. The topological polar surface area (TPSA) is 75.0 Å². The van der Waals surface area contributed by atoms with Crippen LogP contribution in [0.3, 0.4) is 0 Å². The highest BCUT2D eigenvalue weighted by Crippen LogP contribution is 2.50. The van der Waals surface area contributed by atoms with Gasteiger partial charge in [-0.15, -0.1) is 11.3 Å². The van der Waals surface area contributed by atoms with Crippen LogP contribution in [-0.4, -0.2) is 46.5 Å². The number of hydrogen-bond donors (Lipinski definition) is 1. The lowest BCUT2D eigenvalue weighted by molar-refractivity contribution is -0.0196. The molecule has 1 N–H and O–H groups in total. The van der Waals surface area contributed by atoms with Crippen LogP contribution in [-0.2, 0) is 4.74 Å². The summed E-state index contributed by atoms with van der Waals surface area (Å²) in [4.78, 5) is 28.4. The minimum Gasteiger partial charge on any atom is -0.502 e. The van der Waals surface area contributed by atoms with E-state index in [-0.39, 0.29) is 18.1 Å². The van der Waals surface area contributed by atoms with Crippen molar-refractivity contribution < 1.29 is 19.0 Å². The normalized spacial score (nSPS) is 20.1. The number of nitrogens with zero attached hydrogens (tertiary/aromatic N) is 3. The van der Waals surface area contributed by atoms with Crippen LogP contribution in [0, 0.1) is 5.82 Å². The van der Waals surface area contributed by atoms with Crippen LogP contribution in [0.5, 0.6) is 5.75 Å². The van der Waals surface area contributed by atoms with Gasteiger partial charge in [0.2, 0.25) is 5.43 Å². The summed E-state index contributed by atoms with van der Waals surface area (Å²) in [6, 6.07) is 15.6. The summed E-state index contributed by atoms with van der Waals surface area (Å²) in [6.07, 6.45) is 0.967. The van der Waals surface area contributed by atoms with Crippen LogP contribution in [0.2, 0.25) is 0 Å². The monoisotopic (exact) mass is 501 g/mol. The number of thiophene rings is 1. The molecule has 3 aliphatic rings. The van der Waals surface area contributed by atoms with E-state index < -0.39 is 29.3 Å². The Kier molecular flexibility index (Phi) is 4.61. The van der Waals surface area contributed by atoms with Crippen molar-refractivity contribution in [2.24, 2.45) is 0 Å². The highest BCUT2D eigenvalue weighted by atomic mass is 32.1. The number of rotatable bonds is 1. The molecule has 2 atom stereocenters. The Bertz CT molecular complexity index is 1610. The van der Waals surface area contributed by atoms with Crippen LogP contribution in [0.25, 0.3) is 21.6 Å². The number of morpholine rings is 1. The van der Waals surface area contributed by atoms with Gasteiger partial charge in [-0.05, 0) is 34.2 Å². The van der Waals surface area contributed by atoms with Crippen LogP contribution in [0.1, 0.15) is 27.7 Å². The van der Waals surface area contributed by atoms with Crippen molar-refractivity contribution in [3.8, 4) is 27.3 Å². The minimum atomic E-state index is -0.629. The Balaban J connectivity index is 1.59. The van der Waals surface area contributed by atoms with Gasteiger partial charge in [-0.1, -0.05) is 36.4 Å². The Morgan fingerprint density at radius 3 is 2.72 bits per heavy atom. The first-order chi connectivity index (χ1) is 17.6. The zero-order valence-corrected chi connectivity index (χ0v) is 19.7. The predicted molar refractivity (Wildman–Crippen MR) is 133 cm³/mol. The quantitative estimate of drug-likeness (QED) is 0.428. The largest absolute Gasteiger partial charge is 0.502 e. The van der Waals surface area contributed by atoms with Crippen molar-refractivity contribution >= 4 is 17.2 Å². The summed E-state index contributed by atoms with van der Waals surface area (Å²) >= 11 is 1.55.